The summed E-state index contributed by atoms with van der Waals surface area (Å²) in [7, 11) is 4.20. The highest BCUT2D eigenvalue weighted by atomic mass is 16.3. The van der Waals surface area contributed by atoms with Gasteiger partial charge in [0.05, 0.1) is 0 Å². The molecule has 0 amide bonds. The summed E-state index contributed by atoms with van der Waals surface area (Å²) in [5, 5.41) is 10.7. The van der Waals surface area contributed by atoms with Crippen LogP contribution in [0.5, 0.6) is 5.75 Å². The first-order valence-corrected chi connectivity index (χ1v) is 8.64. The third kappa shape index (κ3) is 2.11. The molecule has 1 aromatic rings. The van der Waals surface area contributed by atoms with E-state index in [9.17, 15) is 5.11 Å². The zero-order chi connectivity index (χ0) is 16.3. The average Bonchev–Trinajstić information content (AvgIpc) is 2.74. The Hall–Kier alpha value is -1.02. The molecule has 3 unspecified atom stereocenters. The van der Waals surface area contributed by atoms with Crippen LogP contribution in [-0.4, -0.2) is 24.1 Å². The van der Waals surface area contributed by atoms with Gasteiger partial charge in [0.1, 0.15) is 5.75 Å². The lowest BCUT2D eigenvalue weighted by atomic mass is 9.64. The molecular formula is C20H31NO. The van der Waals surface area contributed by atoms with Crippen LogP contribution in [0.1, 0.15) is 62.6 Å². The van der Waals surface area contributed by atoms with Crippen LogP contribution in [0.25, 0.3) is 0 Å². The zero-order valence-electron chi connectivity index (χ0n) is 15.0. The Balaban J connectivity index is 2.04. The Morgan fingerprint density at radius 2 is 1.91 bits per heavy atom. The van der Waals surface area contributed by atoms with Crippen molar-refractivity contribution in [2.24, 2.45) is 16.7 Å². The van der Waals surface area contributed by atoms with Crippen LogP contribution in [0.15, 0.2) is 12.1 Å². The lowest BCUT2D eigenvalue weighted by molar-refractivity contribution is 0.133. The number of hydrogen-bond donors (Lipinski definition) is 1. The number of rotatable bonds is 3. The minimum atomic E-state index is 0.318. The van der Waals surface area contributed by atoms with Crippen LogP contribution in [0.2, 0.25) is 0 Å². The second-order valence-corrected chi connectivity index (χ2v) is 8.75. The van der Waals surface area contributed by atoms with Crippen molar-refractivity contribution >= 4 is 0 Å². The predicted molar refractivity (Wildman–Crippen MR) is 92.2 cm³/mol. The number of hydrogen-bond acceptors (Lipinski definition) is 2. The van der Waals surface area contributed by atoms with Gasteiger partial charge in [0.2, 0.25) is 0 Å². The summed E-state index contributed by atoms with van der Waals surface area (Å²) in [5.41, 5.74) is 4.25. The van der Waals surface area contributed by atoms with Crippen LogP contribution in [0.4, 0.5) is 0 Å². The Bertz CT molecular complexity index is 590. The first kappa shape index (κ1) is 15.9. The Labute approximate surface area is 135 Å². The molecule has 0 aliphatic heterocycles. The van der Waals surface area contributed by atoms with Crippen LogP contribution >= 0.6 is 0 Å². The van der Waals surface area contributed by atoms with Crippen molar-refractivity contribution in [3.05, 3.63) is 28.8 Å². The molecule has 2 aliphatic rings. The predicted octanol–water partition coefficient (Wildman–Crippen LogP) is 4.69. The standard InChI is InChI=1S/C20H31NO/c1-13-9-14(12-21(5)6)10-16(18(13)22)17-11-15-7-8-20(17,4)19(15,2)3/h9-10,15,17,22H,7-8,11-12H2,1-6H3. The maximum Gasteiger partial charge on any atom is 0.121 e. The molecule has 3 rings (SSSR count). The topological polar surface area (TPSA) is 23.5 Å². The first-order chi connectivity index (χ1) is 10.2. The molecule has 2 fully saturated rings. The lowest BCUT2D eigenvalue weighted by Crippen LogP contribution is -2.31. The highest BCUT2D eigenvalue weighted by Crippen LogP contribution is 2.71. The fraction of sp³-hybridized carbons (Fsp3) is 0.700. The maximum atomic E-state index is 10.7. The maximum absolute atomic E-state index is 10.7. The van der Waals surface area contributed by atoms with Crippen molar-refractivity contribution in [3.8, 4) is 5.75 Å². The molecule has 2 heteroatoms. The van der Waals surface area contributed by atoms with E-state index < -0.39 is 0 Å². The summed E-state index contributed by atoms with van der Waals surface area (Å²) in [4.78, 5) is 2.20. The van der Waals surface area contributed by atoms with Gasteiger partial charge in [-0.1, -0.05) is 32.9 Å². The molecule has 3 atom stereocenters. The van der Waals surface area contributed by atoms with E-state index in [-0.39, 0.29) is 0 Å². The molecular weight excluding hydrogens is 270 g/mol. The van der Waals surface area contributed by atoms with Crippen molar-refractivity contribution < 1.29 is 5.11 Å². The van der Waals surface area contributed by atoms with Gasteiger partial charge in [-0.15, -0.1) is 0 Å². The molecule has 1 N–H and O–H groups in total. The summed E-state index contributed by atoms with van der Waals surface area (Å²) in [6.45, 7) is 10.3. The Morgan fingerprint density at radius 3 is 2.41 bits per heavy atom. The Morgan fingerprint density at radius 1 is 1.23 bits per heavy atom. The molecule has 2 aliphatic carbocycles. The van der Waals surface area contributed by atoms with Crippen molar-refractivity contribution in [1.29, 1.82) is 0 Å². The van der Waals surface area contributed by atoms with Crippen molar-refractivity contribution in [2.75, 3.05) is 14.1 Å². The van der Waals surface area contributed by atoms with Crippen LogP contribution < -0.4 is 0 Å². The van der Waals surface area contributed by atoms with Gasteiger partial charge in [-0.05, 0) is 79.6 Å². The molecule has 22 heavy (non-hydrogen) atoms. The normalized spacial score (nSPS) is 32.9. The number of phenolic OH excluding ortho intramolecular Hbond substituents is 1. The van der Waals surface area contributed by atoms with Gasteiger partial charge in [0, 0.05) is 6.54 Å². The van der Waals surface area contributed by atoms with Gasteiger partial charge in [0.15, 0.2) is 0 Å². The summed E-state index contributed by atoms with van der Waals surface area (Å²) in [6.07, 6.45) is 3.89. The summed E-state index contributed by atoms with van der Waals surface area (Å²) >= 11 is 0. The van der Waals surface area contributed by atoms with Crippen molar-refractivity contribution in [1.82, 2.24) is 4.90 Å². The quantitative estimate of drug-likeness (QED) is 0.875. The van der Waals surface area contributed by atoms with E-state index in [4.69, 9.17) is 0 Å². The van der Waals surface area contributed by atoms with Crippen molar-refractivity contribution in [2.45, 2.75) is 59.4 Å². The third-order valence-electron chi connectivity index (χ3n) is 7.06. The van der Waals surface area contributed by atoms with E-state index in [2.05, 4.69) is 51.9 Å². The number of benzene rings is 1. The molecule has 2 bridgehead atoms. The highest BCUT2D eigenvalue weighted by molar-refractivity contribution is 5.47. The fourth-order valence-corrected chi connectivity index (χ4v) is 5.28. The number of fused-ring (bicyclic) bond motifs is 2. The molecule has 0 spiro atoms. The average molecular weight is 301 g/mol. The zero-order valence-corrected chi connectivity index (χ0v) is 15.0. The number of aromatic hydroxyl groups is 1. The second kappa shape index (κ2) is 4.99. The minimum Gasteiger partial charge on any atom is -0.507 e. The van der Waals surface area contributed by atoms with E-state index in [0.717, 1.165) is 18.0 Å². The minimum absolute atomic E-state index is 0.318. The van der Waals surface area contributed by atoms with Gasteiger partial charge < -0.3 is 10.0 Å². The Kier molecular flexibility index (Phi) is 3.60. The molecule has 0 heterocycles. The summed E-state index contributed by atoms with van der Waals surface area (Å²) in [5.74, 6) is 1.85. The first-order valence-electron chi connectivity index (χ1n) is 8.64. The van der Waals surface area contributed by atoms with Gasteiger partial charge in [0.25, 0.3) is 0 Å². The molecule has 2 nitrogen and oxygen atoms in total. The van der Waals surface area contributed by atoms with Gasteiger partial charge in [-0.3, -0.25) is 0 Å². The molecule has 0 aromatic heterocycles. The molecule has 0 radical (unpaired) electrons. The molecule has 1 aromatic carbocycles. The van der Waals surface area contributed by atoms with Gasteiger partial charge in [-0.2, -0.15) is 0 Å². The highest BCUT2D eigenvalue weighted by Gasteiger charge is 2.61. The number of nitrogens with zero attached hydrogens (tertiary/aromatic N) is 1. The SMILES string of the molecule is Cc1cc(CN(C)C)cc(C2CC3CCC2(C)C3(C)C)c1O. The lowest BCUT2D eigenvalue weighted by Gasteiger charge is -2.40. The van der Waals surface area contributed by atoms with Gasteiger partial charge in [-0.25, -0.2) is 0 Å². The van der Waals surface area contributed by atoms with E-state index >= 15 is 0 Å². The number of phenols is 1. The van der Waals surface area contributed by atoms with E-state index in [1.165, 1.54) is 30.4 Å². The number of aryl methyl sites for hydroxylation is 1. The molecule has 2 saturated carbocycles. The largest absolute Gasteiger partial charge is 0.507 e. The van der Waals surface area contributed by atoms with Crippen LogP contribution in [0, 0.1) is 23.7 Å². The van der Waals surface area contributed by atoms with Crippen LogP contribution in [-0.2, 0) is 6.54 Å². The van der Waals surface area contributed by atoms with Gasteiger partial charge >= 0.3 is 0 Å². The molecule has 0 saturated heterocycles. The van der Waals surface area contributed by atoms with E-state index in [1.807, 2.05) is 6.92 Å². The fourth-order valence-electron chi connectivity index (χ4n) is 5.28. The molecule has 122 valence electrons. The summed E-state index contributed by atoms with van der Waals surface area (Å²) < 4.78 is 0. The van der Waals surface area contributed by atoms with E-state index in [0.29, 0.717) is 22.5 Å². The second-order valence-electron chi connectivity index (χ2n) is 8.75. The van der Waals surface area contributed by atoms with E-state index in [1.54, 1.807) is 0 Å². The third-order valence-corrected chi connectivity index (χ3v) is 7.06. The smallest absolute Gasteiger partial charge is 0.121 e. The monoisotopic (exact) mass is 301 g/mol. The van der Waals surface area contributed by atoms with Crippen molar-refractivity contribution in [3.63, 3.8) is 0 Å². The van der Waals surface area contributed by atoms with Crippen LogP contribution in [0.3, 0.4) is 0 Å². The summed E-state index contributed by atoms with van der Waals surface area (Å²) in [6, 6.07) is 4.41.